The highest BCUT2D eigenvalue weighted by Crippen LogP contribution is 2.28. The Kier molecular flexibility index (Phi) is 4.70. The highest BCUT2D eigenvalue weighted by atomic mass is 32.1. The van der Waals surface area contributed by atoms with Crippen molar-refractivity contribution in [1.29, 1.82) is 0 Å². The number of nitrogens with two attached hydrogens (primary N) is 1. The normalized spacial score (nSPS) is 10.5. The first-order valence-electron chi connectivity index (χ1n) is 6.34. The number of carbonyl (C=O) groups excluding carboxylic acids is 2. The molecule has 0 bridgehead atoms. The number of esters is 1. The van der Waals surface area contributed by atoms with Crippen LogP contribution >= 0.6 is 11.3 Å². The van der Waals surface area contributed by atoms with Crippen molar-refractivity contribution >= 4 is 39.0 Å². The van der Waals surface area contributed by atoms with Crippen LogP contribution in [0, 0.1) is 0 Å². The number of thiophene rings is 1. The van der Waals surface area contributed by atoms with Gasteiger partial charge >= 0.3 is 5.97 Å². The molecular formula is C14H16N2O3S. The largest absolute Gasteiger partial charge is 0.462 e. The van der Waals surface area contributed by atoms with E-state index in [1.54, 1.807) is 13.0 Å². The highest BCUT2D eigenvalue weighted by Gasteiger charge is 2.11. The van der Waals surface area contributed by atoms with Gasteiger partial charge in [0.1, 0.15) is 4.88 Å². The molecule has 0 radical (unpaired) electrons. The predicted octanol–water partition coefficient (Wildman–Crippen LogP) is 2.37. The monoisotopic (exact) mass is 292 g/mol. The van der Waals surface area contributed by atoms with Gasteiger partial charge in [0, 0.05) is 23.4 Å². The molecule has 0 saturated heterocycles. The molecule has 20 heavy (non-hydrogen) atoms. The average Bonchev–Trinajstić information content (AvgIpc) is 2.82. The van der Waals surface area contributed by atoms with E-state index in [-0.39, 0.29) is 18.3 Å². The van der Waals surface area contributed by atoms with Crippen LogP contribution in [0.4, 0.5) is 5.69 Å². The third-order valence-electron chi connectivity index (χ3n) is 2.65. The summed E-state index contributed by atoms with van der Waals surface area (Å²) in [4.78, 5) is 23.7. The van der Waals surface area contributed by atoms with E-state index in [1.165, 1.54) is 11.3 Å². The third kappa shape index (κ3) is 3.34. The highest BCUT2D eigenvalue weighted by molar-refractivity contribution is 7.20. The Morgan fingerprint density at radius 1 is 1.35 bits per heavy atom. The van der Waals surface area contributed by atoms with Gasteiger partial charge in [-0.1, -0.05) is 0 Å². The first-order chi connectivity index (χ1) is 9.63. The minimum atomic E-state index is -0.317. The van der Waals surface area contributed by atoms with E-state index < -0.39 is 0 Å². The Morgan fingerprint density at radius 2 is 2.15 bits per heavy atom. The maximum atomic E-state index is 11.7. The van der Waals surface area contributed by atoms with Crippen LogP contribution in [0.3, 0.4) is 0 Å². The van der Waals surface area contributed by atoms with Crippen molar-refractivity contribution in [2.24, 2.45) is 5.73 Å². The van der Waals surface area contributed by atoms with E-state index in [0.717, 1.165) is 10.1 Å². The molecule has 0 aliphatic rings. The standard InChI is InChI=1S/C14H16N2O3S/c1-2-19-14(18)12-8-9-7-10(3-4-11(9)20-12)16-13(17)5-6-15/h3-4,7-8H,2,5-6,15H2,1H3,(H,16,17). The number of nitrogens with one attached hydrogen (secondary N) is 1. The van der Waals surface area contributed by atoms with Gasteiger partial charge in [-0.2, -0.15) is 0 Å². The van der Waals surface area contributed by atoms with Crippen molar-refractivity contribution in [2.75, 3.05) is 18.5 Å². The van der Waals surface area contributed by atoms with E-state index in [4.69, 9.17) is 10.5 Å². The zero-order valence-corrected chi connectivity index (χ0v) is 12.0. The summed E-state index contributed by atoms with van der Waals surface area (Å²) >= 11 is 1.38. The van der Waals surface area contributed by atoms with Crippen LogP contribution in [0.25, 0.3) is 10.1 Å². The fourth-order valence-corrected chi connectivity index (χ4v) is 2.72. The lowest BCUT2D eigenvalue weighted by Crippen LogP contribution is -2.15. The second-order valence-corrected chi connectivity index (χ2v) is 5.25. The summed E-state index contributed by atoms with van der Waals surface area (Å²) in [6.07, 6.45) is 0.287. The molecule has 0 unspecified atom stereocenters. The lowest BCUT2D eigenvalue weighted by atomic mass is 10.2. The molecule has 0 saturated carbocycles. The predicted molar refractivity (Wildman–Crippen MR) is 80.1 cm³/mol. The summed E-state index contributed by atoms with van der Waals surface area (Å²) in [5.74, 6) is -0.435. The molecule has 6 heteroatoms. The Hall–Kier alpha value is -1.92. The Balaban J connectivity index is 2.21. The smallest absolute Gasteiger partial charge is 0.348 e. The van der Waals surface area contributed by atoms with Gasteiger partial charge in [0.05, 0.1) is 6.61 Å². The SMILES string of the molecule is CCOC(=O)c1cc2cc(NC(=O)CCN)ccc2s1. The fraction of sp³-hybridized carbons (Fsp3) is 0.286. The number of hydrogen-bond acceptors (Lipinski definition) is 5. The maximum Gasteiger partial charge on any atom is 0.348 e. The van der Waals surface area contributed by atoms with Gasteiger partial charge in [0.15, 0.2) is 0 Å². The number of anilines is 1. The summed E-state index contributed by atoms with van der Waals surface area (Å²) in [6.45, 7) is 2.45. The molecule has 1 heterocycles. The van der Waals surface area contributed by atoms with Gasteiger partial charge in [-0.25, -0.2) is 4.79 Å². The van der Waals surface area contributed by atoms with Gasteiger partial charge < -0.3 is 15.8 Å². The molecule has 0 atom stereocenters. The zero-order chi connectivity index (χ0) is 14.5. The number of rotatable bonds is 5. The summed E-state index contributed by atoms with van der Waals surface area (Å²) in [5, 5.41) is 3.67. The molecule has 1 aromatic heterocycles. The number of amides is 1. The van der Waals surface area contributed by atoms with Crippen LogP contribution < -0.4 is 11.1 Å². The first kappa shape index (κ1) is 14.5. The molecule has 3 N–H and O–H groups in total. The molecule has 106 valence electrons. The number of ether oxygens (including phenoxy) is 1. The Morgan fingerprint density at radius 3 is 2.85 bits per heavy atom. The van der Waals surface area contributed by atoms with Crippen LogP contribution in [0.15, 0.2) is 24.3 Å². The van der Waals surface area contributed by atoms with E-state index >= 15 is 0 Å². The maximum absolute atomic E-state index is 11.7. The van der Waals surface area contributed by atoms with Gasteiger partial charge in [-0.15, -0.1) is 11.3 Å². The summed E-state index contributed by atoms with van der Waals surface area (Å²) < 4.78 is 5.95. The van der Waals surface area contributed by atoms with Gasteiger partial charge in [0.2, 0.25) is 5.91 Å². The number of hydrogen-bond donors (Lipinski definition) is 2. The first-order valence-corrected chi connectivity index (χ1v) is 7.16. The molecule has 1 aromatic carbocycles. The minimum Gasteiger partial charge on any atom is -0.462 e. The number of fused-ring (bicyclic) bond motifs is 1. The molecule has 2 rings (SSSR count). The van der Waals surface area contributed by atoms with E-state index in [9.17, 15) is 9.59 Å². The lowest BCUT2D eigenvalue weighted by molar-refractivity contribution is -0.116. The van der Waals surface area contributed by atoms with Crippen LogP contribution in [0.5, 0.6) is 0 Å². The Labute approximate surface area is 120 Å². The van der Waals surface area contributed by atoms with Crippen LogP contribution in [0.1, 0.15) is 23.0 Å². The van der Waals surface area contributed by atoms with Crippen LogP contribution in [-0.4, -0.2) is 25.0 Å². The van der Waals surface area contributed by atoms with Crippen molar-refractivity contribution < 1.29 is 14.3 Å². The van der Waals surface area contributed by atoms with Crippen molar-refractivity contribution in [3.63, 3.8) is 0 Å². The molecule has 0 fully saturated rings. The number of benzene rings is 1. The second kappa shape index (κ2) is 6.49. The second-order valence-electron chi connectivity index (χ2n) is 4.17. The molecule has 0 aliphatic heterocycles. The van der Waals surface area contributed by atoms with Gasteiger partial charge in [-0.05, 0) is 36.6 Å². The average molecular weight is 292 g/mol. The van der Waals surface area contributed by atoms with Crippen molar-refractivity contribution in [3.05, 3.63) is 29.1 Å². The Bertz CT molecular complexity index is 636. The van der Waals surface area contributed by atoms with Crippen LogP contribution in [-0.2, 0) is 9.53 Å². The molecule has 0 spiro atoms. The van der Waals surface area contributed by atoms with E-state index in [2.05, 4.69) is 5.32 Å². The third-order valence-corrected chi connectivity index (χ3v) is 3.74. The van der Waals surface area contributed by atoms with Gasteiger partial charge in [0.25, 0.3) is 0 Å². The summed E-state index contributed by atoms with van der Waals surface area (Å²) in [7, 11) is 0. The minimum absolute atomic E-state index is 0.118. The van der Waals surface area contributed by atoms with Crippen LogP contribution in [0.2, 0.25) is 0 Å². The topological polar surface area (TPSA) is 81.4 Å². The summed E-state index contributed by atoms with van der Waals surface area (Å²) in [5.41, 5.74) is 6.03. The molecule has 1 amide bonds. The lowest BCUT2D eigenvalue weighted by Gasteiger charge is -2.03. The van der Waals surface area contributed by atoms with Crippen molar-refractivity contribution in [3.8, 4) is 0 Å². The molecule has 0 aliphatic carbocycles. The number of carbonyl (C=O) groups is 2. The molecular weight excluding hydrogens is 276 g/mol. The quantitative estimate of drug-likeness (QED) is 0.829. The van der Waals surface area contributed by atoms with Crippen molar-refractivity contribution in [1.82, 2.24) is 0 Å². The zero-order valence-electron chi connectivity index (χ0n) is 11.1. The molecule has 2 aromatic rings. The molecule has 5 nitrogen and oxygen atoms in total. The van der Waals surface area contributed by atoms with E-state index in [0.29, 0.717) is 23.7 Å². The van der Waals surface area contributed by atoms with Crippen molar-refractivity contribution in [2.45, 2.75) is 13.3 Å². The van der Waals surface area contributed by atoms with Gasteiger partial charge in [-0.3, -0.25) is 4.79 Å². The fourth-order valence-electron chi connectivity index (χ4n) is 1.78. The van der Waals surface area contributed by atoms with E-state index in [1.807, 2.05) is 18.2 Å². The summed E-state index contributed by atoms with van der Waals surface area (Å²) in [6, 6.07) is 7.29.